The zero-order chi connectivity index (χ0) is 18.3. The number of rotatable bonds is 2. The molecule has 2 aromatic rings. The van der Waals surface area contributed by atoms with Crippen LogP contribution >= 0.6 is 0 Å². The zero-order valence-electron chi connectivity index (χ0n) is 11.1. The lowest BCUT2D eigenvalue weighted by molar-refractivity contribution is 0.458. The van der Waals surface area contributed by atoms with Gasteiger partial charge >= 0.3 is 0 Å². The summed E-state index contributed by atoms with van der Waals surface area (Å²) in [6.45, 7) is 0. The number of azo groups is 1. The predicted molar refractivity (Wildman–Crippen MR) is 65.5 cm³/mol. The molecule has 0 aliphatic carbocycles. The number of nitrogen functional groups attached to an aromatic ring is 2. The second-order valence-corrected chi connectivity index (χ2v) is 4.24. The molecule has 24 heavy (non-hydrogen) atoms. The van der Waals surface area contributed by atoms with Crippen molar-refractivity contribution in [3.63, 3.8) is 0 Å². The molecule has 4 nitrogen and oxygen atoms in total. The molecule has 0 aliphatic heterocycles. The lowest BCUT2D eigenvalue weighted by Crippen LogP contribution is -2.03. The van der Waals surface area contributed by atoms with Crippen LogP contribution in [0.5, 0.6) is 0 Å². The molecule has 2 rings (SSSR count). The van der Waals surface area contributed by atoms with Gasteiger partial charge in [-0.05, 0) is 0 Å². The molecule has 0 unspecified atom stereocenters. The molecule has 0 aromatic heterocycles. The van der Waals surface area contributed by atoms with E-state index in [1.165, 1.54) is 0 Å². The van der Waals surface area contributed by atoms with E-state index in [-0.39, 0.29) is 0 Å². The van der Waals surface area contributed by atoms with Gasteiger partial charge in [-0.2, -0.15) is 0 Å². The third-order valence-electron chi connectivity index (χ3n) is 2.80. The lowest BCUT2D eigenvalue weighted by Gasteiger charge is -2.06. The monoisotopic (exact) mass is 356 g/mol. The molecule has 0 fully saturated rings. The van der Waals surface area contributed by atoms with Crippen molar-refractivity contribution in [2.45, 2.75) is 0 Å². The SMILES string of the molecule is Nc1c(F)c(F)c(N=Nc2c(F)c(F)c(N)c(F)c2F)c(F)c1F. The molecule has 0 amide bonds. The van der Waals surface area contributed by atoms with Crippen LogP contribution in [0.4, 0.5) is 57.9 Å². The molecule has 0 saturated carbocycles. The van der Waals surface area contributed by atoms with Crippen LogP contribution in [0.15, 0.2) is 10.2 Å². The quantitative estimate of drug-likeness (QED) is 0.363. The first-order chi connectivity index (χ1) is 11.1. The smallest absolute Gasteiger partial charge is 0.191 e. The Morgan fingerprint density at radius 1 is 0.417 bits per heavy atom. The van der Waals surface area contributed by atoms with Gasteiger partial charge in [0.1, 0.15) is 11.4 Å². The van der Waals surface area contributed by atoms with E-state index in [4.69, 9.17) is 11.5 Å². The molecular formula is C12H4F8N4. The maximum atomic E-state index is 13.5. The Bertz CT molecular complexity index is 751. The van der Waals surface area contributed by atoms with Gasteiger partial charge in [-0.3, -0.25) is 0 Å². The first-order valence-corrected chi connectivity index (χ1v) is 5.74. The molecular weight excluding hydrogens is 352 g/mol. The molecule has 12 heteroatoms. The molecule has 4 N–H and O–H groups in total. The number of nitrogens with zero attached hydrogens (tertiary/aromatic N) is 2. The van der Waals surface area contributed by atoms with Gasteiger partial charge in [-0.15, -0.1) is 10.2 Å². The highest BCUT2D eigenvalue weighted by atomic mass is 19.2. The van der Waals surface area contributed by atoms with Crippen molar-refractivity contribution < 1.29 is 35.1 Å². The van der Waals surface area contributed by atoms with E-state index in [1.54, 1.807) is 0 Å². The fraction of sp³-hybridized carbons (Fsp3) is 0. The molecule has 128 valence electrons. The summed E-state index contributed by atoms with van der Waals surface area (Å²) in [4.78, 5) is 0. The van der Waals surface area contributed by atoms with E-state index < -0.39 is 69.3 Å². The van der Waals surface area contributed by atoms with Crippen molar-refractivity contribution in [3.8, 4) is 0 Å². The summed E-state index contributed by atoms with van der Waals surface area (Å²) in [5, 5.41) is 5.11. The first kappa shape index (κ1) is 17.4. The standard InChI is InChI=1S/C12H4F8N4/c13-1-5(17)11(6(18)2(14)9(1)21)23-24-12-7(19)3(15)10(22)4(16)8(12)20/h21-22H2. The second-order valence-electron chi connectivity index (χ2n) is 4.24. The lowest BCUT2D eigenvalue weighted by atomic mass is 10.2. The van der Waals surface area contributed by atoms with Crippen LogP contribution in [0.25, 0.3) is 0 Å². The number of hydrogen-bond acceptors (Lipinski definition) is 4. The third kappa shape index (κ3) is 2.49. The van der Waals surface area contributed by atoms with Gasteiger partial charge in [0.05, 0.1) is 0 Å². The summed E-state index contributed by atoms with van der Waals surface area (Å²) in [7, 11) is 0. The first-order valence-electron chi connectivity index (χ1n) is 5.74. The van der Waals surface area contributed by atoms with Crippen LogP contribution in [0.2, 0.25) is 0 Å². The fourth-order valence-electron chi connectivity index (χ4n) is 1.55. The number of benzene rings is 2. The topological polar surface area (TPSA) is 76.8 Å². The summed E-state index contributed by atoms with van der Waals surface area (Å²) < 4.78 is 107. The van der Waals surface area contributed by atoms with Crippen molar-refractivity contribution >= 4 is 22.7 Å². The van der Waals surface area contributed by atoms with Crippen LogP contribution in [0.3, 0.4) is 0 Å². The van der Waals surface area contributed by atoms with E-state index in [1.807, 2.05) is 0 Å². The van der Waals surface area contributed by atoms with Crippen LogP contribution in [-0.2, 0) is 0 Å². The third-order valence-corrected chi connectivity index (χ3v) is 2.80. The second kappa shape index (κ2) is 5.94. The Labute approximate surface area is 127 Å². The molecule has 0 heterocycles. The normalized spacial score (nSPS) is 11.5. The highest BCUT2D eigenvalue weighted by Crippen LogP contribution is 2.35. The van der Waals surface area contributed by atoms with Gasteiger partial charge in [0.25, 0.3) is 0 Å². The van der Waals surface area contributed by atoms with Crippen LogP contribution in [-0.4, -0.2) is 0 Å². The van der Waals surface area contributed by atoms with E-state index in [9.17, 15) is 35.1 Å². The predicted octanol–water partition coefficient (Wildman–Crippen LogP) is 4.38. The highest BCUT2D eigenvalue weighted by Gasteiger charge is 2.26. The minimum Gasteiger partial charge on any atom is -0.394 e. The van der Waals surface area contributed by atoms with Crippen molar-refractivity contribution in [2.75, 3.05) is 11.5 Å². The van der Waals surface area contributed by atoms with Gasteiger partial charge in [-0.25, -0.2) is 35.1 Å². The average molecular weight is 356 g/mol. The average Bonchev–Trinajstić information content (AvgIpc) is 2.57. The molecule has 0 aliphatic rings. The Balaban J connectivity index is 2.67. The number of hydrogen-bond donors (Lipinski definition) is 2. The molecule has 0 saturated heterocycles. The fourth-order valence-corrected chi connectivity index (χ4v) is 1.55. The highest BCUT2D eigenvalue weighted by molar-refractivity contribution is 5.55. The Hall–Kier alpha value is -2.92. The molecule has 0 bridgehead atoms. The summed E-state index contributed by atoms with van der Waals surface area (Å²) in [6.07, 6.45) is 0. The van der Waals surface area contributed by atoms with Crippen LogP contribution in [0, 0.1) is 46.5 Å². The largest absolute Gasteiger partial charge is 0.394 e. The van der Waals surface area contributed by atoms with Crippen molar-refractivity contribution in [2.24, 2.45) is 10.2 Å². The number of nitrogens with two attached hydrogens (primary N) is 2. The molecule has 0 atom stereocenters. The summed E-state index contributed by atoms with van der Waals surface area (Å²) in [5.74, 6) is -16.7. The van der Waals surface area contributed by atoms with E-state index in [2.05, 4.69) is 10.2 Å². The number of anilines is 2. The zero-order valence-corrected chi connectivity index (χ0v) is 11.1. The van der Waals surface area contributed by atoms with Crippen molar-refractivity contribution in [3.05, 3.63) is 46.5 Å². The Kier molecular flexibility index (Phi) is 4.32. The van der Waals surface area contributed by atoms with E-state index in [0.29, 0.717) is 0 Å². The Morgan fingerprint density at radius 2 is 0.625 bits per heavy atom. The minimum absolute atomic E-state index is 1.51. The van der Waals surface area contributed by atoms with Gasteiger partial charge in [0.2, 0.25) is 0 Å². The van der Waals surface area contributed by atoms with E-state index >= 15 is 0 Å². The van der Waals surface area contributed by atoms with Gasteiger partial charge in [0.15, 0.2) is 57.9 Å². The maximum Gasteiger partial charge on any atom is 0.191 e. The van der Waals surface area contributed by atoms with E-state index in [0.717, 1.165) is 0 Å². The molecule has 0 spiro atoms. The van der Waals surface area contributed by atoms with Gasteiger partial charge in [-0.1, -0.05) is 0 Å². The molecule has 2 aromatic carbocycles. The number of halogens is 8. The van der Waals surface area contributed by atoms with Crippen LogP contribution < -0.4 is 11.5 Å². The summed E-state index contributed by atoms with van der Waals surface area (Å²) >= 11 is 0. The molecule has 0 radical (unpaired) electrons. The van der Waals surface area contributed by atoms with Crippen molar-refractivity contribution in [1.82, 2.24) is 0 Å². The minimum atomic E-state index is -2.13. The van der Waals surface area contributed by atoms with Gasteiger partial charge < -0.3 is 11.5 Å². The van der Waals surface area contributed by atoms with Gasteiger partial charge in [0, 0.05) is 0 Å². The van der Waals surface area contributed by atoms with Crippen molar-refractivity contribution in [1.29, 1.82) is 0 Å². The summed E-state index contributed by atoms with van der Waals surface area (Å²) in [5.41, 5.74) is 2.93. The Morgan fingerprint density at radius 3 is 0.833 bits per heavy atom. The maximum absolute atomic E-state index is 13.5. The summed E-state index contributed by atoms with van der Waals surface area (Å²) in [6, 6.07) is 0. The van der Waals surface area contributed by atoms with Crippen LogP contribution in [0.1, 0.15) is 0 Å².